The third-order valence-corrected chi connectivity index (χ3v) is 12.7. The maximum atomic E-state index is 12.8. The van der Waals surface area contributed by atoms with Crippen LogP contribution in [0.3, 0.4) is 0 Å². The maximum absolute atomic E-state index is 12.8. The molecule has 5 aliphatic carbocycles. The molecule has 204 valence electrons. The summed E-state index contributed by atoms with van der Waals surface area (Å²) < 4.78 is 5.72. The molecule has 0 spiro atoms. The molecule has 5 heteroatoms. The highest BCUT2D eigenvalue weighted by Gasteiger charge is 2.68. The highest BCUT2D eigenvalue weighted by atomic mass is 16.5. The van der Waals surface area contributed by atoms with Crippen molar-refractivity contribution >= 4 is 18.2 Å². The second-order valence-electron chi connectivity index (χ2n) is 14.9. The number of fused-ring (bicyclic) bond motifs is 6. The van der Waals surface area contributed by atoms with Crippen LogP contribution >= 0.6 is 0 Å². The SMILES string of the molecule is CC(=O)OC1CCC2(C)C(CCC3(C)C2C=CC2=C4CC(C)(C)CCC4(C(=O)O)CCC23C)C1(C)C=O. The van der Waals surface area contributed by atoms with Crippen LogP contribution in [-0.2, 0) is 19.1 Å². The minimum absolute atomic E-state index is 0.0281. The first-order valence-electron chi connectivity index (χ1n) is 14.4. The minimum atomic E-state index is -0.725. The standard InChI is InChI=1S/C32H46O5/c1-20(34)37-25-11-12-28(4)23(29(25,5)19-33)10-13-31(7)24(28)9-8-21-22-18-27(2,3)14-16-32(22,26(35)36)17-15-30(21,31)6/h8-9,19,23-25H,10-18H2,1-7H3,(H,35,36). The molecule has 3 fully saturated rings. The summed E-state index contributed by atoms with van der Waals surface area (Å²) in [7, 11) is 0. The van der Waals surface area contributed by atoms with Crippen LogP contribution in [0.5, 0.6) is 0 Å². The molecule has 8 unspecified atom stereocenters. The van der Waals surface area contributed by atoms with E-state index in [1.807, 2.05) is 6.92 Å². The van der Waals surface area contributed by atoms with E-state index in [0.29, 0.717) is 12.8 Å². The normalized spacial score (nSPS) is 48.1. The lowest BCUT2D eigenvalue weighted by molar-refractivity contribution is -0.198. The van der Waals surface area contributed by atoms with Crippen LogP contribution in [0, 0.1) is 44.3 Å². The number of carbonyl (C=O) groups excluding carboxylic acids is 2. The van der Waals surface area contributed by atoms with Gasteiger partial charge in [-0.05, 0) is 109 Å². The van der Waals surface area contributed by atoms with Gasteiger partial charge in [0.2, 0.25) is 0 Å². The number of carboxylic acids is 1. The van der Waals surface area contributed by atoms with E-state index in [1.165, 1.54) is 18.1 Å². The average Bonchev–Trinajstić information content (AvgIpc) is 2.80. The molecule has 0 aromatic carbocycles. The maximum Gasteiger partial charge on any atom is 0.313 e. The number of aliphatic carboxylic acids is 1. The van der Waals surface area contributed by atoms with Crippen LogP contribution < -0.4 is 0 Å². The van der Waals surface area contributed by atoms with E-state index in [2.05, 4.69) is 46.8 Å². The van der Waals surface area contributed by atoms with Gasteiger partial charge in [0, 0.05) is 6.92 Å². The number of ether oxygens (including phenoxy) is 1. The molecule has 0 saturated heterocycles. The number of aldehydes is 1. The Morgan fingerprint density at radius 3 is 2.27 bits per heavy atom. The van der Waals surface area contributed by atoms with Crippen molar-refractivity contribution in [2.75, 3.05) is 0 Å². The molecular weight excluding hydrogens is 464 g/mol. The number of allylic oxidation sites excluding steroid dienone is 3. The highest BCUT2D eigenvalue weighted by molar-refractivity contribution is 5.80. The lowest BCUT2D eigenvalue weighted by Gasteiger charge is -2.69. The summed E-state index contributed by atoms with van der Waals surface area (Å²) in [4.78, 5) is 37.3. The second-order valence-corrected chi connectivity index (χ2v) is 14.9. The van der Waals surface area contributed by atoms with Gasteiger partial charge in [-0.2, -0.15) is 0 Å². The van der Waals surface area contributed by atoms with Gasteiger partial charge in [-0.15, -0.1) is 0 Å². The van der Waals surface area contributed by atoms with Gasteiger partial charge in [0.05, 0.1) is 10.8 Å². The van der Waals surface area contributed by atoms with E-state index in [9.17, 15) is 19.5 Å². The molecule has 0 aromatic heterocycles. The van der Waals surface area contributed by atoms with Crippen LogP contribution in [-0.4, -0.2) is 29.4 Å². The Morgan fingerprint density at radius 2 is 1.65 bits per heavy atom. The zero-order valence-electron chi connectivity index (χ0n) is 23.9. The van der Waals surface area contributed by atoms with E-state index in [-0.39, 0.29) is 45.6 Å². The lowest BCUT2D eigenvalue weighted by atomic mass is 9.35. The predicted molar refractivity (Wildman–Crippen MR) is 143 cm³/mol. The summed E-state index contributed by atoms with van der Waals surface area (Å²) in [6, 6.07) is 0. The van der Waals surface area contributed by atoms with Crippen molar-refractivity contribution in [3.05, 3.63) is 23.3 Å². The van der Waals surface area contributed by atoms with Gasteiger partial charge in [0.1, 0.15) is 12.4 Å². The molecule has 0 radical (unpaired) electrons. The second kappa shape index (κ2) is 8.05. The van der Waals surface area contributed by atoms with E-state index in [4.69, 9.17) is 4.74 Å². The highest BCUT2D eigenvalue weighted by Crippen LogP contribution is 2.74. The van der Waals surface area contributed by atoms with Crippen molar-refractivity contribution in [2.24, 2.45) is 44.3 Å². The summed E-state index contributed by atoms with van der Waals surface area (Å²) in [6.45, 7) is 15.2. The Balaban J connectivity index is 1.63. The summed E-state index contributed by atoms with van der Waals surface area (Å²) in [5.41, 5.74) is 0.929. The molecule has 5 aliphatic rings. The van der Waals surface area contributed by atoms with Gasteiger partial charge in [0.25, 0.3) is 0 Å². The number of carbonyl (C=O) groups is 3. The van der Waals surface area contributed by atoms with Crippen molar-refractivity contribution in [1.29, 1.82) is 0 Å². The van der Waals surface area contributed by atoms with E-state index >= 15 is 0 Å². The molecular formula is C32H46O5. The van der Waals surface area contributed by atoms with Gasteiger partial charge in [0.15, 0.2) is 0 Å². The van der Waals surface area contributed by atoms with Gasteiger partial charge >= 0.3 is 11.9 Å². The fourth-order valence-corrected chi connectivity index (χ4v) is 10.2. The smallest absolute Gasteiger partial charge is 0.313 e. The molecule has 5 rings (SSSR count). The largest absolute Gasteiger partial charge is 0.481 e. The molecule has 0 aliphatic heterocycles. The Morgan fingerprint density at radius 1 is 0.973 bits per heavy atom. The van der Waals surface area contributed by atoms with E-state index in [0.717, 1.165) is 51.2 Å². The van der Waals surface area contributed by atoms with Crippen molar-refractivity contribution in [2.45, 2.75) is 112 Å². The molecule has 0 heterocycles. The fraction of sp³-hybridized carbons (Fsp3) is 0.781. The minimum Gasteiger partial charge on any atom is -0.481 e. The van der Waals surface area contributed by atoms with Gasteiger partial charge in [-0.3, -0.25) is 9.59 Å². The van der Waals surface area contributed by atoms with Crippen LogP contribution in [0.25, 0.3) is 0 Å². The summed E-state index contributed by atoms with van der Waals surface area (Å²) >= 11 is 0. The summed E-state index contributed by atoms with van der Waals surface area (Å²) in [5.74, 6) is -0.552. The monoisotopic (exact) mass is 510 g/mol. The number of carboxylic acid groups (broad SMARTS) is 1. The first kappa shape index (κ1) is 26.7. The Labute approximate surface area is 222 Å². The molecule has 1 N–H and O–H groups in total. The first-order valence-corrected chi connectivity index (χ1v) is 14.4. The van der Waals surface area contributed by atoms with Crippen LogP contribution in [0.4, 0.5) is 0 Å². The van der Waals surface area contributed by atoms with E-state index < -0.39 is 16.8 Å². The topological polar surface area (TPSA) is 80.7 Å². The molecule has 37 heavy (non-hydrogen) atoms. The third-order valence-electron chi connectivity index (χ3n) is 12.7. The zero-order chi connectivity index (χ0) is 27.2. The third kappa shape index (κ3) is 3.37. The van der Waals surface area contributed by atoms with Gasteiger partial charge in [-0.1, -0.05) is 46.8 Å². The molecule has 0 amide bonds. The molecule has 0 aromatic rings. The van der Waals surface area contributed by atoms with E-state index in [1.54, 1.807) is 0 Å². The lowest BCUT2D eigenvalue weighted by Crippen LogP contribution is -2.64. The van der Waals surface area contributed by atoms with Gasteiger partial charge in [-0.25, -0.2) is 0 Å². The Hall–Kier alpha value is -1.91. The number of rotatable bonds is 3. The van der Waals surface area contributed by atoms with Crippen molar-refractivity contribution < 1.29 is 24.2 Å². The molecule has 0 bridgehead atoms. The number of hydrogen-bond acceptors (Lipinski definition) is 4. The Bertz CT molecular complexity index is 1100. The summed E-state index contributed by atoms with van der Waals surface area (Å²) in [6.07, 6.45) is 13.0. The fourth-order valence-electron chi connectivity index (χ4n) is 10.2. The molecule has 5 nitrogen and oxygen atoms in total. The van der Waals surface area contributed by atoms with Crippen molar-refractivity contribution in [3.63, 3.8) is 0 Å². The first-order chi connectivity index (χ1) is 17.1. The van der Waals surface area contributed by atoms with Crippen LogP contribution in [0.2, 0.25) is 0 Å². The molecule has 8 atom stereocenters. The van der Waals surface area contributed by atoms with Crippen molar-refractivity contribution in [3.8, 4) is 0 Å². The average molecular weight is 511 g/mol. The predicted octanol–water partition coefficient (Wildman–Crippen LogP) is 6.90. The quantitative estimate of drug-likeness (QED) is 0.330. The van der Waals surface area contributed by atoms with Crippen LogP contribution in [0.15, 0.2) is 23.3 Å². The van der Waals surface area contributed by atoms with Crippen LogP contribution in [0.1, 0.15) is 106 Å². The Kier molecular flexibility index (Phi) is 5.81. The number of hydrogen-bond donors (Lipinski definition) is 1. The molecule has 3 saturated carbocycles. The van der Waals surface area contributed by atoms with Crippen molar-refractivity contribution in [1.82, 2.24) is 0 Å². The van der Waals surface area contributed by atoms with Gasteiger partial charge < -0.3 is 14.6 Å². The summed E-state index contributed by atoms with van der Waals surface area (Å²) in [5, 5.41) is 10.5. The number of esters is 1. The zero-order valence-corrected chi connectivity index (χ0v) is 23.9.